The lowest BCUT2D eigenvalue weighted by Crippen LogP contribution is -2.46. The molecule has 0 aromatic heterocycles. The van der Waals surface area contributed by atoms with E-state index < -0.39 is 21.9 Å². The summed E-state index contributed by atoms with van der Waals surface area (Å²) in [4.78, 5) is 12.9. The average molecular weight is 293 g/mol. The van der Waals surface area contributed by atoms with Crippen molar-refractivity contribution in [1.29, 1.82) is 0 Å². The van der Waals surface area contributed by atoms with Crippen molar-refractivity contribution in [1.82, 2.24) is 4.90 Å². The van der Waals surface area contributed by atoms with E-state index in [1.54, 1.807) is 23.1 Å². The summed E-state index contributed by atoms with van der Waals surface area (Å²) in [6.45, 7) is 0.845. The second kappa shape index (κ2) is 4.59. The molecule has 0 saturated carbocycles. The number of carbonyl (C=O) groups is 1. The zero-order valence-electron chi connectivity index (χ0n) is 10.7. The Hall–Kier alpha value is -1.89. The Labute approximate surface area is 116 Å². The van der Waals surface area contributed by atoms with Gasteiger partial charge in [0.05, 0.1) is 0 Å². The Bertz CT molecular complexity index is 696. The number of carbonyl (C=O) groups excluding carboxylic acids is 1. The highest BCUT2D eigenvalue weighted by Gasteiger charge is 2.33. The van der Waals surface area contributed by atoms with Crippen molar-refractivity contribution >= 4 is 21.8 Å². The van der Waals surface area contributed by atoms with Gasteiger partial charge in [0.25, 0.3) is 10.0 Å². The molecule has 1 saturated heterocycles. The number of amidine groups is 1. The van der Waals surface area contributed by atoms with Crippen LogP contribution in [-0.2, 0) is 14.8 Å². The number of benzene rings is 1. The maximum atomic E-state index is 12.0. The van der Waals surface area contributed by atoms with Gasteiger partial charge in [-0.3, -0.25) is 0 Å². The van der Waals surface area contributed by atoms with Gasteiger partial charge in [-0.25, -0.2) is 0 Å². The highest BCUT2D eigenvalue weighted by Crippen LogP contribution is 2.29. The molecule has 0 radical (unpaired) electrons. The van der Waals surface area contributed by atoms with Crippen molar-refractivity contribution in [2.24, 2.45) is 10.3 Å². The van der Waals surface area contributed by atoms with Crippen LogP contribution >= 0.6 is 0 Å². The van der Waals surface area contributed by atoms with Crippen LogP contribution in [0.1, 0.15) is 18.4 Å². The SMILES string of the molecule is O=C([O-])[C@@H]1CCCN(C2=NS(=O)(=O)c3ccccc32)C1. The fourth-order valence-corrected chi connectivity index (χ4v) is 3.91. The molecule has 1 fully saturated rings. The lowest BCUT2D eigenvalue weighted by molar-refractivity contribution is -0.312. The van der Waals surface area contributed by atoms with E-state index in [4.69, 9.17) is 0 Å². The predicted octanol–water partition coefficient (Wildman–Crippen LogP) is -0.403. The largest absolute Gasteiger partial charge is 0.550 e. The first-order valence-electron chi connectivity index (χ1n) is 6.39. The van der Waals surface area contributed by atoms with E-state index >= 15 is 0 Å². The molecular formula is C13H13N2O4S-. The number of carboxylic acids is 1. The van der Waals surface area contributed by atoms with E-state index in [2.05, 4.69) is 4.40 Å². The number of hydrogen-bond acceptors (Lipinski definition) is 5. The molecule has 2 heterocycles. The molecule has 1 aromatic carbocycles. The minimum atomic E-state index is -3.66. The van der Waals surface area contributed by atoms with E-state index in [1.807, 2.05) is 0 Å². The number of carboxylic acid groups (broad SMARTS) is 1. The van der Waals surface area contributed by atoms with Crippen LogP contribution in [0.25, 0.3) is 0 Å². The van der Waals surface area contributed by atoms with Gasteiger partial charge < -0.3 is 14.8 Å². The van der Waals surface area contributed by atoms with Crippen molar-refractivity contribution in [3.8, 4) is 0 Å². The summed E-state index contributed by atoms with van der Waals surface area (Å²) in [6.07, 6.45) is 1.24. The van der Waals surface area contributed by atoms with Crippen LogP contribution in [0.5, 0.6) is 0 Å². The second-order valence-corrected chi connectivity index (χ2v) is 6.56. The first-order valence-corrected chi connectivity index (χ1v) is 7.83. The molecule has 3 rings (SSSR count). The van der Waals surface area contributed by atoms with Gasteiger partial charge in [0.2, 0.25) is 0 Å². The highest BCUT2D eigenvalue weighted by atomic mass is 32.2. The van der Waals surface area contributed by atoms with E-state index in [0.717, 1.165) is 0 Å². The number of piperidine rings is 1. The number of sulfonamides is 1. The Morgan fingerprint density at radius 2 is 2.10 bits per heavy atom. The lowest BCUT2D eigenvalue weighted by atomic mass is 9.97. The molecular weight excluding hydrogens is 280 g/mol. The summed E-state index contributed by atoms with van der Waals surface area (Å²) in [6, 6.07) is 6.60. The van der Waals surface area contributed by atoms with Crippen molar-refractivity contribution < 1.29 is 18.3 Å². The van der Waals surface area contributed by atoms with Crippen molar-refractivity contribution in [2.75, 3.05) is 13.1 Å². The second-order valence-electron chi connectivity index (χ2n) is 4.99. The molecule has 2 aliphatic heterocycles. The molecule has 0 N–H and O–H groups in total. The monoisotopic (exact) mass is 293 g/mol. The van der Waals surface area contributed by atoms with Crippen LogP contribution in [-0.4, -0.2) is 38.2 Å². The number of likely N-dealkylation sites (tertiary alicyclic amines) is 1. The summed E-state index contributed by atoms with van der Waals surface area (Å²) >= 11 is 0. The van der Waals surface area contributed by atoms with Crippen LogP contribution in [0.3, 0.4) is 0 Å². The van der Waals surface area contributed by atoms with E-state index in [-0.39, 0.29) is 11.4 Å². The quantitative estimate of drug-likeness (QED) is 0.702. The molecule has 1 aromatic rings. The molecule has 20 heavy (non-hydrogen) atoms. The fourth-order valence-electron chi connectivity index (χ4n) is 2.68. The van der Waals surface area contributed by atoms with Crippen molar-refractivity contribution in [3.05, 3.63) is 29.8 Å². The van der Waals surface area contributed by atoms with Crippen LogP contribution < -0.4 is 5.11 Å². The van der Waals surface area contributed by atoms with E-state index in [0.29, 0.717) is 30.8 Å². The zero-order chi connectivity index (χ0) is 14.3. The Kier molecular flexibility index (Phi) is 3.01. The molecule has 0 aliphatic carbocycles. The van der Waals surface area contributed by atoms with Crippen molar-refractivity contribution in [2.45, 2.75) is 17.7 Å². The number of fused-ring (bicyclic) bond motifs is 1. The van der Waals surface area contributed by atoms with Gasteiger partial charge >= 0.3 is 0 Å². The molecule has 106 valence electrons. The Balaban J connectivity index is 1.97. The van der Waals surface area contributed by atoms with Gasteiger partial charge in [0.15, 0.2) is 5.84 Å². The van der Waals surface area contributed by atoms with E-state index in [1.165, 1.54) is 6.07 Å². The third kappa shape index (κ3) is 2.07. The fraction of sp³-hybridized carbons (Fsp3) is 0.385. The molecule has 6 nitrogen and oxygen atoms in total. The smallest absolute Gasteiger partial charge is 0.285 e. The van der Waals surface area contributed by atoms with Crippen molar-refractivity contribution in [3.63, 3.8) is 0 Å². The van der Waals surface area contributed by atoms with Gasteiger partial charge in [0.1, 0.15) is 4.90 Å². The molecule has 0 unspecified atom stereocenters. The highest BCUT2D eigenvalue weighted by molar-refractivity contribution is 7.90. The van der Waals surface area contributed by atoms with Crippen LogP contribution in [0, 0.1) is 5.92 Å². The molecule has 2 aliphatic rings. The van der Waals surface area contributed by atoms with Crippen LogP contribution in [0.15, 0.2) is 33.6 Å². The normalized spacial score (nSPS) is 24.1. The maximum absolute atomic E-state index is 12.0. The van der Waals surface area contributed by atoms with Gasteiger partial charge in [-0.2, -0.15) is 8.42 Å². The molecule has 7 heteroatoms. The van der Waals surface area contributed by atoms with Crippen LogP contribution in [0.2, 0.25) is 0 Å². The third-order valence-corrected chi connectivity index (χ3v) is 4.99. The standard InChI is InChI=1S/C13H14N2O4S/c16-13(17)9-4-3-7-15(8-9)12-10-5-1-2-6-11(10)20(18,19)14-12/h1-2,5-6,9H,3-4,7-8H2,(H,16,17)/p-1/t9-/m1/s1. The summed E-state index contributed by atoms with van der Waals surface area (Å²) in [5.41, 5.74) is 0.548. The van der Waals surface area contributed by atoms with E-state index in [9.17, 15) is 18.3 Å². The summed E-state index contributed by atoms with van der Waals surface area (Å²) in [5.74, 6) is -1.32. The molecule has 0 bridgehead atoms. The Morgan fingerprint density at radius 1 is 1.35 bits per heavy atom. The first kappa shape index (κ1) is 13.1. The summed E-state index contributed by atoms with van der Waals surface area (Å²) in [7, 11) is -3.66. The average Bonchev–Trinajstić information content (AvgIpc) is 2.72. The number of rotatable bonds is 1. The summed E-state index contributed by atoms with van der Waals surface area (Å²) in [5, 5.41) is 11.0. The molecule has 0 amide bonds. The maximum Gasteiger partial charge on any atom is 0.285 e. The third-order valence-electron chi connectivity index (χ3n) is 3.67. The summed E-state index contributed by atoms with van der Waals surface area (Å²) < 4.78 is 27.8. The number of hydrogen-bond donors (Lipinski definition) is 0. The topological polar surface area (TPSA) is 89.9 Å². The lowest BCUT2D eigenvalue weighted by Gasteiger charge is -2.34. The minimum absolute atomic E-state index is 0.186. The van der Waals surface area contributed by atoms with Gasteiger partial charge in [-0.1, -0.05) is 12.1 Å². The van der Waals surface area contributed by atoms with Gasteiger partial charge in [0, 0.05) is 30.5 Å². The minimum Gasteiger partial charge on any atom is -0.550 e. The van der Waals surface area contributed by atoms with Gasteiger partial charge in [-0.15, -0.1) is 4.40 Å². The first-order chi connectivity index (χ1) is 9.49. The molecule has 0 spiro atoms. The predicted molar refractivity (Wildman–Crippen MR) is 69.5 cm³/mol. The Morgan fingerprint density at radius 3 is 2.85 bits per heavy atom. The van der Waals surface area contributed by atoms with Gasteiger partial charge in [-0.05, 0) is 25.0 Å². The van der Waals surface area contributed by atoms with Crippen LogP contribution in [0.4, 0.5) is 0 Å². The number of nitrogens with zero attached hydrogens (tertiary/aromatic N) is 2. The molecule has 1 atom stereocenters. The zero-order valence-corrected chi connectivity index (χ0v) is 11.5. The number of aliphatic carboxylic acids is 1.